The Labute approximate surface area is 251 Å². The summed E-state index contributed by atoms with van der Waals surface area (Å²) in [7, 11) is 7.51. The SMILES string of the molecule is COc1ccc(-c2cnc(N3CCc4c(n(CCN(C)C)c5ccccc45)C3c3ccc4c(c3)OCO4)nc2)cc1OC. The molecule has 0 saturated heterocycles. The predicted octanol–water partition coefficient (Wildman–Crippen LogP) is 5.56. The van der Waals surface area contributed by atoms with Crippen LogP contribution in [0.25, 0.3) is 22.0 Å². The number of methoxy groups -OCH3 is 2. The summed E-state index contributed by atoms with van der Waals surface area (Å²) in [5, 5.41) is 1.31. The van der Waals surface area contributed by atoms with E-state index in [0.717, 1.165) is 54.2 Å². The second-order valence-corrected chi connectivity index (χ2v) is 11.1. The van der Waals surface area contributed by atoms with E-state index in [2.05, 4.69) is 64.9 Å². The van der Waals surface area contributed by atoms with Crippen molar-refractivity contribution in [2.24, 2.45) is 0 Å². The van der Waals surface area contributed by atoms with Crippen molar-refractivity contribution in [3.8, 4) is 34.1 Å². The highest BCUT2D eigenvalue weighted by Crippen LogP contribution is 2.44. The van der Waals surface area contributed by atoms with Crippen LogP contribution in [-0.4, -0.2) is 67.6 Å². The smallest absolute Gasteiger partial charge is 0.231 e. The second-order valence-electron chi connectivity index (χ2n) is 11.1. The van der Waals surface area contributed by atoms with Crippen molar-refractivity contribution in [3.63, 3.8) is 0 Å². The molecule has 0 radical (unpaired) electrons. The van der Waals surface area contributed by atoms with Crippen molar-refractivity contribution in [2.75, 3.05) is 53.1 Å². The van der Waals surface area contributed by atoms with Crippen LogP contribution in [0.4, 0.5) is 5.95 Å². The summed E-state index contributed by atoms with van der Waals surface area (Å²) in [6.45, 7) is 2.82. The summed E-state index contributed by atoms with van der Waals surface area (Å²) in [5.74, 6) is 3.58. The van der Waals surface area contributed by atoms with Gasteiger partial charge in [0.05, 0.1) is 20.3 Å². The standard InChI is InChI=1S/C34H35N5O4/c1-37(2)15-16-38-27-8-6-5-7-25(27)26-13-14-39(32(33(26)38)23-10-12-29-31(18-23)43-21-42-29)34-35-19-24(20-36-34)22-9-11-28(40-3)30(17-22)41-4/h5-12,17-20,32H,13-16,21H2,1-4H3. The Balaban J connectivity index is 1.34. The zero-order valence-electron chi connectivity index (χ0n) is 24.9. The number of ether oxygens (including phenoxy) is 4. The number of anilines is 1. The number of aromatic nitrogens is 3. The molecule has 5 aromatic rings. The quantitative estimate of drug-likeness (QED) is 0.238. The largest absolute Gasteiger partial charge is 0.493 e. The van der Waals surface area contributed by atoms with Crippen molar-refractivity contribution in [1.29, 1.82) is 0 Å². The monoisotopic (exact) mass is 577 g/mol. The van der Waals surface area contributed by atoms with E-state index in [1.54, 1.807) is 14.2 Å². The van der Waals surface area contributed by atoms with Crippen LogP contribution in [0.1, 0.15) is 22.9 Å². The molecule has 7 rings (SSSR count). The Morgan fingerprint density at radius 1 is 0.884 bits per heavy atom. The Hall–Kier alpha value is -4.76. The van der Waals surface area contributed by atoms with Gasteiger partial charge in [-0.05, 0) is 67.5 Å². The zero-order chi connectivity index (χ0) is 29.5. The van der Waals surface area contributed by atoms with Gasteiger partial charge in [-0.1, -0.05) is 30.3 Å². The van der Waals surface area contributed by atoms with E-state index in [1.165, 1.54) is 22.2 Å². The van der Waals surface area contributed by atoms with E-state index in [0.29, 0.717) is 17.4 Å². The van der Waals surface area contributed by atoms with Crippen molar-refractivity contribution in [2.45, 2.75) is 19.0 Å². The van der Waals surface area contributed by atoms with Crippen molar-refractivity contribution in [1.82, 2.24) is 19.4 Å². The number of hydrogen-bond donors (Lipinski definition) is 0. The molecule has 0 spiro atoms. The van der Waals surface area contributed by atoms with E-state index >= 15 is 0 Å². The summed E-state index contributed by atoms with van der Waals surface area (Å²) in [6, 6.07) is 20.7. The minimum Gasteiger partial charge on any atom is -0.493 e. The minimum atomic E-state index is -0.111. The van der Waals surface area contributed by atoms with E-state index < -0.39 is 0 Å². The van der Waals surface area contributed by atoms with Crippen molar-refractivity contribution in [3.05, 3.63) is 89.9 Å². The van der Waals surface area contributed by atoms with Gasteiger partial charge in [0.1, 0.15) is 0 Å². The van der Waals surface area contributed by atoms with Crippen LogP contribution >= 0.6 is 0 Å². The molecule has 3 aromatic carbocycles. The maximum Gasteiger partial charge on any atom is 0.231 e. The van der Waals surface area contributed by atoms with E-state index in [1.807, 2.05) is 36.7 Å². The second kappa shape index (κ2) is 11.1. The molecule has 9 nitrogen and oxygen atoms in total. The number of benzene rings is 3. The van der Waals surface area contributed by atoms with E-state index in [-0.39, 0.29) is 12.8 Å². The van der Waals surface area contributed by atoms with E-state index in [4.69, 9.17) is 28.9 Å². The van der Waals surface area contributed by atoms with Crippen LogP contribution in [0.3, 0.4) is 0 Å². The topological polar surface area (TPSA) is 74.1 Å². The molecule has 0 fully saturated rings. The van der Waals surface area contributed by atoms with Crippen LogP contribution in [0.5, 0.6) is 23.0 Å². The lowest BCUT2D eigenvalue weighted by Gasteiger charge is -2.37. The highest BCUT2D eigenvalue weighted by atomic mass is 16.7. The molecule has 0 N–H and O–H groups in total. The Morgan fingerprint density at radius 3 is 2.47 bits per heavy atom. The maximum absolute atomic E-state index is 5.82. The van der Waals surface area contributed by atoms with Crippen molar-refractivity contribution < 1.29 is 18.9 Å². The van der Waals surface area contributed by atoms with Crippen LogP contribution in [-0.2, 0) is 13.0 Å². The molecule has 4 heterocycles. The number of fused-ring (bicyclic) bond motifs is 4. The normalized spacial score (nSPS) is 15.7. The first-order chi connectivity index (χ1) is 21.1. The highest BCUT2D eigenvalue weighted by Gasteiger charge is 2.36. The molecule has 0 aliphatic carbocycles. The summed E-state index contributed by atoms with van der Waals surface area (Å²) in [6.07, 6.45) is 4.67. The number of hydrogen-bond acceptors (Lipinski definition) is 8. The van der Waals surface area contributed by atoms with Gasteiger partial charge in [0.15, 0.2) is 23.0 Å². The van der Waals surface area contributed by atoms with Crippen LogP contribution in [0, 0.1) is 0 Å². The Bertz CT molecular complexity index is 1780. The Morgan fingerprint density at radius 2 is 1.67 bits per heavy atom. The average Bonchev–Trinajstić information content (AvgIpc) is 3.65. The molecule has 1 atom stereocenters. The Kier molecular flexibility index (Phi) is 7.02. The van der Waals surface area contributed by atoms with Crippen LogP contribution in [0.15, 0.2) is 73.1 Å². The van der Waals surface area contributed by atoms with E-state index in [9.17, 15) is 0 Å². The third-order valence-electron chi connectivity index (χ3n) is 8.39. The first-order valence-electron chi connectivity index (χ1n) is 14.5. The fourth-order valence-electron chi connectivity index (χ4n) is 6.29. The highest BCUT2D eigenvalue weighted by molar-refractivity contribution is 5.87. The molecule has 2 aliphatic rings. The lowest BCUT2D eigenvalue weighted by Crippen LogP contribution is -2.38. The molecular weight excluding hydrogens is 542 g/mol. The van der Waals surface area contributed by atoms with Crippen LogP contribution < -0.4 is 23.8 Å². The molecule has 0 saturated carbocycles. The van der Waals surface area contributed by atoms with Crippen LogP contribution in [0.2, 0.25) is 0 Å². The fourth-order valence-corrected chi connectivity index (χ4v) is 6.29. The zero-order valence-corrected chi connectivity index (χ0v) is 24.9. The summed E-state index contributed by atoms with van der Waals surface area (Å²) in [5.41, 5.74) is 6.90. The van der Waals surface area contributed by atoms with Crippen molar-refractivity contribution >= 4 is 16.9 Å². The third kappa shape index (κ3) is 4.79. The molecular formula is C34H35N5O4. The van der Waals surface area contributed by atoms with Gasteiger partial charge in [-0.25, -0.2) is 9.97 Å². The summed E-state index contributed by atoms with van der Waals surface area (Å²) < 4.78 is 24.9. The number of nitrogens with zero attached hydrogens (tertiary/aromatic N) is 5. The molecule has 43 heavy (non-hydrogen) atoms. The molecule has 9 heteroatoms. The van der Waals surface area contributed by atoms with Gasteiger partial charge in [0.2, 0.25) is 12.7 Å². The van der Waals surface area contributed by atoms with Gasteiger partial charge in [0.25, 0.3) is 0 Å². The molecule has 220 valence electrons. The van der Waals surface area contributed by atoms with Gasteiger partial charge in [-0.15, -0.1) is 0 Å². The average molecular weight is 578 g/mol. The lowest BCUT2D eigenvalue weighted by atomic mass is 9.92. The molecule has 0 amide bonds. The number of rotatable bonds is 8. The number of likely N-dealkylation sites (N-methyl/N-ethyl adjacent to an activating group) is 1. The molecule has 1 unspecified atom stereocenters. The maximum atomic E-state index is 5.82. The van der Waals surface area contributed by atoms with Gasteiger partial charge < -0.3 is 33.3 Å². The third-order valence-corrected chi connectivity index (χ3v) is 8.39. The lowest BCUT2D eigenvalue weighted by molar-refractivity contribution is 0.174. The van der Waals surface area contributed by atoms with Gasteiger partial charge in [-0.3, -0.25) is 0 Å². The first-order valence-corrected chi connectivity index (χ1v) is 14.5. The fraction of sp³-hybridized carbons (Fsp3) is 0.294. The van der Waals surface area contributed by atoms with Gasteiger partial charge >= 0.3 is 0 Å². The minimum absolute atomic E-state index is 0.111. The molecule has 0 bridgehead atoms. The summed E-state index contributed by atoms with van der Waals surface area (Å²) in [4.78, 5) is 14.4. The summed E-state index contributed by atoms with van der Waals surface area (Å²) >= 11 is 0. The molecule has 2 aromatic heterocycles. The number of para-hydroxylation sites is 1. The first kappa shape index (κ1) is 27.1. The van der Waals surface area contributed by atoms with Gasteiger partial charge in [0, 0.05) is 54.2 Å². The molecule has 2 aliphatic heterocycles. The predicted molar refractivity (Wildman–Crippen MR) is 167 cm³/mol. The van der Waals surface area contributed by atoms with Gasteiger partial charge in [-0.2, -0.15) is 0 Å².